The van der Waals surface area contributed by atoms with Crippen LogP contribution in [-0.2, 0) is 11.2 Å². The van der Waals surface area contributed by atoms with Crippen LogP contribution in [0.5, 0.6) is 0 Å². The van der Waals surface area contributed by atoms with Crippen molar-refractivity contribution in [2.45, 2.75) is 39.2 Å². The van der Waals surface area contributed by atoms with Crippen LogP contribution in [0.4, 0.5) is 5.82 Å². The van der Waals surface area contributed by atoms with Gasteiger partial charge in [-0.05, 0) is 39.9 Å². The van der Waals surface area contributed by atoms with Crippen LogP contribution in [0, 0.1) is 0 Å². The third kappa shape index (κ3) is 2.80. The molecule has 0 amide bonds. The second kappa shape index (κ2) is 6.26. The Bertz CT molecular complexity index is 476. The number of piperidine rings is 1. The summed E-state index contributed by atoms with van der Waals surface area (Å²) >= 11 is 0. The number of imidazole rings is 1. The Kier molecular flexibility index (Phi) is 4.65. The Hall–Kier alpha value is -1.56. The van der Waals surface area contributed by atoms with Crippen molar-refractivity contribution in [3.63, 3.8) is 0 Å². The van der Waals surface area contributed by atoms with E-state index >= 15 is 0 Å². The minimum absolute atomic E-state index is 0.266. The van der Waals surface area contributed by atoms with Crippen LogP contribution in [0.15, 0.2) is 0 Å². The van der Waals surface area contributed by atoms with Crippen molar-refractivity contribution < 1.29 is 9.53 Å². The van der Waals surface area contributed by atoms with E-state index in [0.717, 1.165) is 38.2 Å². The summed E-state index contributed by atoms with van der Waals surface area (Å²) in [5.41, 5.74) is 6.43. The highest BCUT2D eigenvalue weighted by Gasteiger charge is 2.27. The minimum atomic E-state index is -0.425. The standard InChI is InChI=1S/C14H24N4O2/c1-4-11-16-12(14(19)20-5-2)13(15)18(11)10-6-8-17(3)9-7-10/h10H,4-9,15H2,1-3H3. The van der Waals surface area contributed by atoms with Crippen molar-refractivity contribution in [1.82, 2.24) is 14.5 Å². The number of aromatic nitrogens is 2. The Balaban J connectivity index is 2.30. The number of nitrogen functional groups attached to an aromatic ring is 1. The van der Waals surface area contributed by atoms with Crippen LogP contribution in [0.25, 0.3) is 0 Å². The van der Waals surface area contributed by atoms with E-state index in [2.05, 4.69) is 16.9 Å². The second-order valence-electron chi connectivity index (χ2n) is 5.24. The summed E-state index contributed by atoms with van der Waals surface area (Å²) in [6, 6.07) is 0.330. The number of anilines is 1. The molecule has 6 heteroatoms. The van der Waals surface area contributed by atoms with E-state index < -0.39 is 5.97 Å². The highest BCUT2D eigenvalue weighted by Crippen LogP contribution is 2.29. The summed E-state index contributed by atoms with van der Waals surface area (Å²) < 4.78 is 7.06. The van der Waals surface area contributed by atoms with Gasteiger partial charge in [0.25, 0.3) is 0 Å². The number of carbonyl (C=O) groups is 1. The van der Waals surface area contributed by atoms with Gasteiger partial charge in [-0.15, -0.1) is 0 Å². The van der Waals surface area contributed by atoms with Gasteiger partial charge in [0.05, 0.1) is 6.61 Å². The third-order valence-electron chi connectivity index (χ3n) is 3.86. The number of likely N-dealkylation sites (tertiary alicyclic amines) is 1. The van der Waals surface area contributed by atoms with Gasteiger partial charge in [-0.2, -0.15) is 0 Å². The van der Waals surface area contributed by atoms with Gasteiger partial charge in [-0.25, -0.2) is 9.78 Å². The van der Waals surface area contributed by atoms with Gasteiger partial charge in [-0.1, -0.05) is 6.92 Å². The van der Waals surface area contributed by atoms with Gasteiger partial charge in [0.2, 0.25) is 0 Å². The Labute approximate surface area is 119 Å². The number of esters is 1. The van der Waals surface area contributed by atoms with E-state index in [4.69, 9.17) is 10.5 Å². The number of hydrogen-bond acceptors (Lipinski definition) is 5. The lowest BCUT2D eigenvalue weighted by Gasteiger charge is -2.31. The zero-order valence-corrected chi connectivity index (χ0v) is 12.6. The van der Waals surface area contributed by atoms with Crippen LogP contribution in [-0.4, -0.2) is 47.2 Å². The number of carbonyl (C=O) groups excluding carboxylic acids is 1. The highest BCUT2D eigenvalue weighted by molar-refractivity contribution is 5.92. The number of ether oxygens (including phenoxy) is 1. The molecule has 20 heavy (non-hydrogen) atoms. The lowest BCUT2D eigenvalue weighted by atomic mass is 10.0. The molecule has 6 nitrogen and oxygen atoms in total. The number of rotatable bonds is 4. The fourth-order valence-electron chi connectivity index (χ4n) is 2.75. The summed E-state index contributed by atoms with van der Waals surface area (Å²) in [4.78, 5) is 18.6. The van der Waals surface area contributed by atoms with Crippen LogP contribution in [0.1, 0.15) is 49.0 Å². The van der Waals surface area contributed by atoms with Crippen LogP contribution >= 0.6 is 0 Å². The van der Waals surface area contributed by atoms with Crippen LogP contribution < -0.4 is 5.73 Å². The van der Waals surface area contributed by atoms with Gasteiger partial charge < -0.3 is 19.9 Å². The molecule has 0 unspecified atom stereocenters. The molecular weight excluding hydrogens is 256 g/mol. The second-order valence-corrected chi connectivity index (χ2v) is 5.24. The molecule has 1 aromatic rings. The monoisotopic (exact) mass is 280 g/mol. The average Bonchev–Trinajstić information content (AvgIpc) is 2.77. The molecule has 2 N–H and O–H groups in total. The maximum Gasteiger partial charge on any atom is 0.360 e. The van der Waals surface area contributed by atoms with Crippen molar-refractivity contribution in [3.05, 3.63) is 11.5 Å². The molecule has 1 fully saturated rings. The fraction of sp³-hybridized carbons (Fsp3) is 0.714. The number of nitrogens with two attached hydrogens (primary N) is 1. The third-order valence-corrected chi connectivity index (χ3v) is 3.86. The number of aryl methyl sites for hydroxylation is 1. The van der Waals surface area contributed by atoms with Gasteiger partial charge in [0, 0.05) is 12.5 Å². The first-order valence-electron chi connectivity index (χ1n) is 7.30. The largest absolute Gasteiger partial charge is 0.461 e. The molecule has 0 aliphatic carbocycles. The zero-order chi connectivity index (χ0) is 14.7. The topological polar surface area (TPSA) is 73.4 Å². The zero-order valence-electron chi connectivity index (χ0n) is 12.6. The van der Waals surface area contributed by atoms with E-state index in [1.54, 1.807) is 6.92 Å². The summed E-state index contributed by atoms with van der Waals surface area (Å²) in [7, 11) is 2.12. The van der Waals surface area contributed by atoms with E-state index in [1.165, 1.54) is 0 Å². The summed E-state index contributed by atoms with van der Waals surface area (Å²) in [5, 5.41) is 0. The molecule has 0 radical (unpaired) electrons. The molecule has 1 aliphatic rings. The van der Waals surface area contributed by atoms with E-state index in [-0.39, 0.29) is 5.69 Å². The molecule has 2 heterocycles. The van der Waals surface area contributed by atoms with E-state index in [0.29, 0.717) is 18.5 Å². The number of hydrogen-bond donors (Lipinski definition) is 1. The lowest BCUT2D eigenvalue weighted by Crippen LogP contribution is -2.32. The van der Waals surface area contributed by atoms with Crippen molar-refractivity contribution in [1.29, 1.82) is 0 Å². The predicted octanol–water partition coefficient (Wildman–Crippen LogP) is 1.47. The van der Waals surface area contributed by atoms with E-state index in [1.807, 2.05) is 11.5 Å². The quantitative estimate of drug-likeness (QED) is 0.845. The molecular formula is C14H24N4O2. The first-order chi connectivity index (χ1) is 9.58. The Morgan fingerprint density at radius 1 is 1.40 bits per heavy atom. The molecule has 0 spiro atoms. The van der Waals surface area contributed by atoms with Gasteiger partial charge >= 0.3 is 5.97 Å². The Morgan fingerprint density at radius 2 is 2.05 bits per heavy atom. The van der Waals surface area contributed by atoms with Gasteiger partial charge in [-0.3, -0.25) is 0 Å². The number of nitrogens with zero attached hydrogens (tertiary/aromatic N) is 3. The minimum Gasteiger partial charge on any atom is -0.461 e. The molecule has 1 aromatic heterocycles. The molecule has 1 saturated heterocycles. The van der Waals surface area contributed by atoms with Crippen LogP contribution in [0.3, 0.4) is 0 Å². The molecule has 1 aliphatic heterocycles. The summed E-state index contributed by atoms with van der Waals surface area (Å²) in [6.07, 6.45) is 2.83. The van der Waals surface area contributed by atoms with Crippen LogP contribution in [0.2, 0.25) is 0 Å². The van der Waals surface area contributed by atoms with Crippen molar-refractivity contribution in [2.24, 2.45) is 0 Å². The van der Waals surface area contributed by atoms with E-state index in [9.17, 15) is 4.79 Å². The van der Waals surface area contributed by atoms with Crippen molar-refractivity contribution in [3.8, 4) is 0 Å². The molecule has 0 atom stereocenters. The van der Waals surface area contributed by atoms with Crippen molar-refractivity contribution in [2.75, 3.05) is 32.5 Å². The maximum absolute atomic E-state index is 11.9. The first-order valence-corrected chi connectivity index (χ1v) is 7.30. The lowest BCUT2D eigenvalue weighted by molar-refractivity contribution is 0.0521. The fourth-order valence-corrected chi connectivity index (χ4v) is 2.75. The summed E-state index contributed by atoms with van der Waals surface area (Å²) in [5.74, 6) is 0.904. The molecule has 0 saturated carbocycles. The SMILES string of the molecule is CCOC(=O)c1nc(CC)n(C2CCN(C)CC2)c1N. The van der Waals surface area contributed by atoms with Crippen molar-refractivity contribution >= 4 is 11.8 Å². The highest BCUT2D eigenvalue weighted by atomic mass is 16.5. The molecule has 0 bridgehead atoms. The molecule has 2 rings (SSSR count). The first kappa shape index (κ1) is 14.8. The Morgan fingerprint density at radius 3 is 2.60 bits per heavy atom. The smallest absolute Gasteiger partial charge is 0.360 e. The van der Waals surface area contributed by atoms with Gasteiger partial charge in [0.15, 0.2) is 5.69 Å². The molecule has 0 aromatic carbocycles. The molecule has 112 valence electrons. The maximum atomic E-state index is 11.9. The average molecular weight is 280 g/mol. The van der Waals surface area contributed by atoms with Gasteiger partial charge in [0.1, 0.15) is 11.6 Å². The normalized spacial score (nSPS) is 17.4. The predicted molar refractivity (Wildman–Crippen MR) is 77.7 cm³/mol. The summed E-state index contributed by atoms with van der Waals surface area (Å²) in [6.45, 7) is 6.23.